The highest BCUT2D eigenvalue weighted by molar-refractivity contribution is 6.74. The smallest absolute Gasteiger partial charge is 0.335 e. The molecule has 9 heteroatoms. The van der Waals surface area contributed by atoms with Crippen LogP contribution in [0.3, 0.4) is 0 Å². The fourth-order valence-electron chi connectivity index (χ4n) is 4.40. The number of nitrogens with zero attached hydrogens (tertiary/aromatic N) is 2. The predicted molar refractivity (Wildman–Crippen MR) is 155 cm³/mol. The van der Waals surface area contributed by atoms with Gasteiger partial charge in [0.1, 0.15) is 0 Å². The van der Waals surface area contributed by atoms with Crippen LogP contribution in [0.5, 0.6) is 0 Å². The largest absolute Gasteiger partial charge is 0.478 e. The van der Waals surface area contributed by atoms with Crippen LogP contribution in [0.1, 0.15) is 84.4 Å². The van der Waals surface area contributed by atoms with E-state index in [1.165, 1.54) is 24.3 Å². The number of fused-ring (bicyclic) bond motifs is 1. The van der Waals surface area contributed by atoms with Crippen LogP contribution in [0, 0.1) is 10.1 Å². The van der Waals surface area contributed by atoms with Crippen molar-refractivity contribution in [1.29, 1.82) is 0 Å². The van der Waals surface area contributed by atoms with E-state index in [4.69, 9.17) is 4.43 Å². The first-order chi connectivity index (χ1) is 18.2. The second-order valence-electron chi connectivity index (χ2n) is 11.7. The second kappa shape index (κ2) is 12.3. The van der Waals surface area contributed by atoms with Crippen LogP contribution in [0.2, 0.25) is 18.1 Å². The molecule has 2 aromatic rings. The molecule has 0 bridgehead atoms. The molecular weight excluding hydrogens is 512 g/mol. The Kier molecular flexibility index (Phi) is 9.50. The number of benzene rings is 2. The summed E-state index contributed by atoms with van der Waals surface area (Å²) in [5.74, 6) is -1.53. The van der Waals surface area contributed by atoms with Crippen molar-refractivity contribution in [1.82, 2.24) is 4.90 Å². The van der Waals surface area contributed by atoms with Gasteiger partial charge in [-0.3, -0.25) is 14.9 Å². The number of carbonyl (C=O) groups is 2. The van der Waals surface area contributed by atoms with E-state index in [1.54, 1.807) is 4.90 Å². The number of hydrogen-bond acceptors (Lipinski definition) is 5. The van der Waals surface area contributed by atoms with E-state index in [2.05, 4.69) is 39.9 Å². The van der Waals surface area contributed by atoms with Gasteiger partial charge >= 0.3 is 5.97 Å². The van der Waals surface area contributed by atoms with Crippen molar-refractivity contribution in [2.75, 3.05) is 6.61 Å². The van der Waals surface area contributed by atoms with Gasteiger partial charge in [-0.15, -0.1) is 0 Å². The molecule has 0 saturated carbocycles. The van der Waals surface area contributed by atoms with E-state index >= 15 is 0 Å². The van der Waals surface area contributed by atoms with Crippen LogP contribution in [0.4, 0.5) is 0 Å². The first-order valence-electron chi connectivity index (χ1n) is 13.5. The Hall–Kier alpha value is -3.30. The molecular formula is C30H40N2O6Si. The number of carboxylic acid groups (broad SMARTS) is 1. The topological polar surface area (TPSA) is 110 Å². The maximum Gasteiger partial charge on any atom is 0.335 e. The number of hydrogen-bond donors (Lipinski definition) is 1. The lowest BCUT2D eigenvalue weighted by atomic mass is 9.92. The molecule has 0 saturated heterocycles. The second-order valence-corrected chi connectivity index (χ2v) is 16.5. The fraction of sp³-hybridized carbons (Fsp3) is 0.467. The van der Waals surface area contributed by atoms with Crippen LogP contribution in [-0.2, 0) is 17.4 Å². The summed E-state index contributed by atoms with van der Waals surface area (Å²) >= 11 is 0. The molecule has 1 aliphatic rings. The van der Waals surface area contributed by atoms with Crippen LogP contribution >= 0.6 is 0 Å². The van der Waals surface area contributed by atoms with Gasteiger partial charge in [-0.1, -0.05) is 64.4 Å². The molecule has 1 aliphatic heterocycles. The summed E-state index contributed by atoms with van der Waals surface area (Å²) in [6, 6.07) is 11.9. The number of allylic oxidation sites excluding steroid dienone is 1. The quantitative estimate of drug-likeness (QED) is 0.198. The third-order valence-corrected chi connectivity index (χ3v) is 12.4. The zero-order chi connectivity index (χ0) is 29.0. The van der Waals surface area contributed by atoms with Crippen LogP contribution in [0.25, 0.3) is 6.08 Å². The lowest BCUT2D eigenvalue weighted by molar-refractivity contribution is -0.426. The Morgan fingerprint density at radius 2 is 1.85 bits per heavy atom. The highest BCUT2D eigenvalue weighted by Crippen LogP contribution is 2.37. The minimum Gasteiger partial charge on any atom is -0.478 e. The molecule has 2 aromatic carbocycles. The van der Waals surface area contributed by atoms with Crippen molar-refractivity contribution in [3.05, 3.63) is 86.1 Å². The minimum atomic E-state index is -2.11. The molecule has 39 heavy (non-hydrogen) atoms. The Morgan fingerprint density at radius 1 is 1.18 bits per heavy atom. The number of carbonyl (C=O) groups excluding carboxylic acids is 1. The summed E-state index contributed by atoms with van der Waals surface area (Å²) in [7, 11) is -2.11. The first kappa shape index (κ1) is 30.2. The van der Waals surface area contributed by atoms with Gasteiger partial charge in [0.25, 0.3) is 5.91 Å². The van der Waals surface area contributed by atoms with E-state index in [9.17, 15) is 24.8 Å². The zero-order valence-corrected chi connectivity index (χ0v) is 24.8. The van der Waals surface area contributed by atoms with Gasteiger partial charge in [0.15, 0.2) is 8.32 Å². The number of amides is 1. The van der Waals surface area contributed by atoms with Crippen molar-refractivity contribution in [2.45, 2.75) is 84.1 Å². The third-order valence-electron chi connectivity index (χ3n) is 7.93. The summed E-state index contributed by atoms with van der Waals surface area (Å²) in [6.45, 7) is 13.5. The number of aromatic carboxylic acids is 1. The molecule has 0 aliphatic carbocycles. The molecule has 1 unspecified atom stereocenters. The Balaban J connectivity index is 2.07. The van der Waals surface area contributed by atoms with Crippen LogP contribution < -0.4 is 0 Å². The SMILES string of the molecule is CCCC/C(=C\c1ccc(C(=O)O)cc1C(=O)N1Cc2ccccc2CC1CO[Si](C)(C)C(C)(C)C)[N+](=O)[O-]. The predicted octanol–water partition coefficient (Wildman–Crippen LogP) is 6.78. The Labute approximate surface area is 232 Å². The maximum absolute atomic E-state index is 14.2. The summed E-state index contributed by atoms with van der Waals surface area (Å²) in [6.07, 6.45) is 3.71. The molecule has 1 atom stereocenters. The molecule has 0 fully saturated rings. The van der Waals surface area contributed by atoms with Gasteiger partial charge in [0.2, 0.25) is 5.70 Å². The lowest BCUT2D eigenvalue weighted by Crippen LogP contribution is -2.50. The Morgan fingerprint density at radius 3 is 2.44 bits per heavy atom. The van der Waals surface area contributed by atoms with Gasteiger partial charge in [0, 0.05) is 24.6 Å². The maximum atomic E-state index is 14.2. The number of rotatable bonds is 10. The molecule has 1 N–H and O–H groups in total. The minimum absolute atomic E-state index is 0.000377. The number of carboxylic acids is 1. The normalized spacial score (nSPS) is 16.1. The van der Waals surface area contributed by atoms with Gasteiger partial charge in [0.05, 0.1) is 23.1 Å². The van der Waals surface area contributed by atoms with E-state index in [0.717, 1.165) is 17.5 Å². The van der Waals surface area contributed by atoms with Crippen molar-refractivity contribution >= 4 is 26.3 Å². The highest BCUT2D eigenvalue weighted by atomic mass is 28.4. The summed E-state index contributed by atoms with van der Waals surface area (Å²) < 4.78 is 6.55. The van der Waals surface area contributed by atoms with E-state index < -0.39 is 19.2 Å². The monoisotopic (exact) mass is 552 g/mol. The van der Waals surface area contributed by atoms with Gasteiger partial charge in [-0.2, -0.15) is 0 Å². The molecule has 0 spiro atoms. The average Bonchev–Trinajstić information content (AvgIpc) is 2.88. The molecule has 1 heterocycles. The van der Waals surface area contributed by atoms with Crippen molar-refractivity contribution < 1.29 is 24.0 Å². The summed E-state index contributed by atoms with van der Waals surface area (Å²) in [5, 5.41) is 21.4. The standard InChI is InChI=1S/C30H40N2O6Si/c1-7-8-13-25(32(36)37)17-22-14-15-23(29(34)35)18-27(22)28(33)31-19-24-12-10-9-11-21(24)16-26(31)20-38-39(5,6)30(2,3)4/h9-12,14-15,17-18,26H,7-8,13,16,19-20H2,1-6H3,(H,34,35)/b25-17+. The molecule has 1 amide bonds. The molecule has 0 aromatic heterocycles. The average molecular weight is 553 g/mol. The van der Waals surface area contributed by atoms with Crippen molar-refractivity contribution in [2.24, 2.45) is 0 Å². The van der Waals surface area contributed by atoms with Crippen LogP contribution in [-0.4, -0.2) is 47.8 Å². The van der Waals surface area contributed by atoms with Gasteiger partial charge in [-0.05, 0) is 59.8 Å². The lowest BCUT2D eigenvalue weighted by Gasteiger charge is -2.41. The van der Waals surface area contributed by atoms with E-state index in [1.807, 2.05) is 25.1 Å². The fourth-order valence-corrected chi connectivity index (χ4v) is 5.45. The molecule has 3 rings (SSSR count). The number of nitro groups is 1. The summed E-state index contributed by atoms with van der Waals surface area (Å²) in [5.41, 5.74) is 2.61. The third kappa shape index (κ3) is 7.22. The Bertz CT molecular complexity index is 1260. The van der Waals surface area contributed by atoms with Gasteiger partial charge < -0.3 is 14.4 Å². The first-order valence-corrected chi connectivity index (χ1v) is 16.4. The van der Waals surface area contributed by atoms with Crippen molar-refractivity contribution in [3.63, 3.8) is 0 Å². The molecule has 210 valence electrons. The van der Waals surface area contributed by atoms with E-state index in [-0.39, 0.29) is 40.2 Å². The summed E-state index contributed by atoms with van der Waals surface area (Å²) in [4.78, 5) is 39.1. The molecule has 8 nitrogen and oxygen atoms in total. The number of unbranched alkanes of at least 4 members (excludes halogenated alkanes) is 1. The zero-order valence-electron chi connectivity index (χ0n) is 23.8. The van der Waals surface area contributed by atoms with Crippen molar-refractivity contribution in [3.8, 4) is 0 Å². The van der Waals surface area contributed by atoms with Gasteiger partial charge in [-0.25, -0.2) is 4.79 Å². The molecule has 0 radical (unpaired) electrons. The highest BCUT2D eigenvalue weighted by Gasteiger charge is 2.39. The van der Waals surface area contributed by atoms with Crippen LogP contribution in [0.15, 0.2) is 48.2 Å². The van der Waals surface area contributed by atoms with E-state index in [0.29, 0.717) is 31.6 Å².